The van der Waals surface area contributed by atoms with Crippen molar-refractivity contribution in [3.8, 4) is 0 Å². The van der Waals surface area contributed by atoms with E-state index in [1.54, 1.807) is 11.3 Å². The number of hydrogen-bond acceptors (Lipinski definition) is 5. The van der Waals surface area contributed by atoms with Crippen molar-refractivity contribution in [2.75, 3.05) is 5.32 Å². The third-order valence-electron chi connectivity index (χ3n) is 2.72. The van der Waals surface area contributed by atoms with Gasteiger partial charge >= 0.3 is 0 Å². The zero-order chi connectivity index (χ0) is 14.7. The molecule has 106 valence electrons. The van der Waals surface area contributed by atoms with Crippen LogP contribution in [-0.2, 0) is 6.42 Å². The number of nitrogens with zero attached hydrogens (tertiary/aromatic N) is 2. The highest BCUT2D eigenvalue weighted by Gasteiger charge is 2.14. The van der Waals surface area contributed by atoms with Crippen LogP contribution in [0.4, 0.5) is 5.82 Å². The number of rotatable bonds is 5. The summed E-state index contributed by atoms with van der Waals surface area (Å²) in [5.74, 6) is -0.217. The Morgan fingerprint density at radius 1 is 1.50 bits per heavy atom. The minimum atomic E-state index is -0.580. The zero-order valence-corrected chi connectivity index (χ0v) is 12.8. The Bertz CT molecular complexity index is 629. The molecule has 0 radical (unpaired) electrons. The van der Waals surface area contributed by atoms with E-state index in [-0.39, 0.29) is 16.8 Å². The number of halogens is 1. The molecule has 2 aromatic rings. The topological polar surface area (TPSA) is 80.9 Å². The van der Waals surface area contributed by atoms with Crippen LogP contribution in [-0.4, -0.2) is 22.1 Å². The standard InChI is InChI=1S/C13H15ClN4OS/c1-7(5-9-4-3-8(2)20-9)16-13-10(12(15)19)6-11(14)17-18-13/h3-4,6-7H,5H2,1-2H3,(H2,15,19)(H,16,18). The van der Waals surface area contributed by atoms with Gasteiger partial charge in [-0.15, -0.1) is 21.5 Å². The molecule has 1 atom stereocenters. The third kappa shape index (κ3) is 3.68. The van der Waals surface area contributed by atoms with Crippen LogP contribution in [0.25, 0.3) is 0 Å². The van der Waals surface area contributed by atoms with Gasteiger partial charge in [-0.2, -0.15) is 0 Å². The van der Waals surface area contributed by atoms with Crippen LogP contribution in [0.1, 0.15) is 27.0 Å². The maximum absolute atomic E-state index is 11.4. The molecule has 2 aromatic heterocycles. The molecule has 7 heteroatoms. The molecule has 5 nitrogen and oxygen atoms in total. The summed E-state index contributed by atoms with van der Waals surface area (Å²) in [5.41, 5.74) is 5.56. The highest BCUT2D eigenvalue weighted by Crippen LogP contribution is 2.20. The van der Waals surface area contributed by atoms with Crippen molar-refractivity contribution in [3.63, 3.8) is 0 Å². The lowest BCUT2D eigenvalue weighted by Crippen LogP contribution is -2.23. The number of aryl methyl sites for hydroxylation is 1. The van der Waals surface area contributed by atoms with Crippen molar-refractivity contribution in [3.05, 3.63) is 38.7 Å². The van der Waals surface area contributed by atoms with Crippen molar-refractivity contribution in [2.45, 2.75) is 26.3 Å². The number of thiophene rings is 1. The van der Waals surface area contributed by atoms with Crippen molar-refractivity contribution in [1.82, 2.24) is 10.2 Å². The van der Waals surface area contributed by atoms with Crippen LogP contribution >= 0.6 is 22.9 Å². The van der Waals surface area contributed by atoms with E-state index in [1.807, 2.05) is 6.92 Å². The first kappa shape index (κ1) is 14.7. The fourth-order valence-electron chi connectivity index (χ4n) is 1.84. The number of aromatic nitrogens is 2. The van der Waals surface area contributed by atoms with E-state index in [4.69, 9.17) is 17.3 Å². The first-order valence-electron chi connectivity index (χ1n) is 6.10. The fraction of sp³-hybridized carbons (Fsp3) is 0.308. The summed E-state index contributed by atoms with van der Waals surface area (Å²) in [6.45, 7) is 4.08. The average molecular weight is 311 g/mol. The highest BCUT2D eigenvalue weighted by atomic mass is 35.5. The van der Waals surface area contributed by atoms with Gasteiger partial charge in [-0.25, -0.2) is 0 Å². The van der Waals surface area contributed by atoms with Gasteiger partial charge in [0, 0.05) is 22.2 Å². The summed E-state index contributed by atoms with van der Waals surface area (Å²) in [4.78, 5) is 13.9. The first-order valence-corrected chi connectivity index (χ1v) is 7.30. The maximum atomic E-state index is 11.4. The summed E-state index contributed by atoms with van der Waals surface area (Å²) < 4.78 is 0. The van der Waals surface area contributed by atoms with Gasteiger partial charge < -0.3 is 11.1 Å². The van der Waals surface area contributed by atoms with Crippen LogP contribution in [0.15, 0.2) is 18.2 Å². The number of nitrogens with two attached hydrogens (primary N) is 1. The molecule has 3 N–H and O–H groups in total. The molecule has 1 amide bonds. The molecule has 0 aliphatic rings. The number of carbonyl (C=O) groups is 1. The lowest BCUT2D eigenvalue weighted by Gasteiger charge is -2.15. The number of hydrogen-bond donors (Lipinski definition) is 2. The van der Waals surface area contributed by atoms with Gasteiger partial charge in [0.1, 0.15) is 0 Å². The predicted octanol–water partition coefficient (Wildman–Crippen LogP) is 2.64. The minimum Gasteiger partial charge on any atom is -0.365 e. The van der Waals surface area contributed by atoms with Gasteiger partial charge in [0.05, 0.1) is 5.56 Å². The number of anilines is 1. The van der Waals surface area contributed by atoms with Crippen LogP contribution in [0, 0.1) is 6.92 Å². The van der Waals surface area contributed by atoms with E-state index in [0.717, 1.165) is 6.42 Å². The normalized spacial score (nSPS) is 12.2. The molecule has 2 rings (SSSR count). The van der Waals surface area contributed by atoms with Crippen LogP contribution < -0.4 is 11.1 Å². The van der Waals surface area contributed by atoms with Gasteiger partial charge in [-0.3, -0.25) is 4.79 Å². The Hall–Kier alpha value is -1.66. The highest BCUT2D eigenvalue weighted by molar-refractivity contribution is 7.11. The second-order valence-electron chi connectivity index (χ2n) is 4.56. The average Bonchev–Trinajstić information content (AvgIpc) is 2.76. The van der Waals surface area contributed by atoms with Crippen molar-refractivity contribution in [1.29, 1.82) is 0 Å². The van der Waals surface area contributed by atoms with Gasteiger partial charge in [0.15, 0.2) is 11.0 Å². The van der Waals surface area contributed by atoms with Crippen molar-refractivity contribution < 1.29 is 4.79 Å². The summed E-state index contributed by atoms with van der Waals surface area (Å²) in [7, 11) is 0. The first-order chi connectivity index (χ1) is 9.45. The van der Waals surface area contributed by atoms with Crippen molar-refractivity contribution in [2.24, 2.45) is 5.73 Å². The monoisotopic (exact) mass is 310 g/mol. The molecule has 1 unspecified atom stereocenters. The van der Waals surface area contributed by atoms with Gasteiger partial charge in [-0.1, -0.05) is 11.6 Å². The van der Waals surface area contributed by atoms with E-state index in [9.17, 15) is 4.79 Å². The van der Waals surface area contributed by atoms with E-state index >= 15 is 0 Å². The molecule has 0 bridgehead atoms. The quantitative estimate of drug-likeness (QED) is 0.889. The molecular weight excluding hydrogens is 296 g/mol. The summed E-state index contributed by atoms with van der Waals surface area (Å²) in [6, 6.07) is 5.70. The summed E-state index contributed by atoms with van der Waals surface area (Å²) >= 11 is 7.47. The smallest absolute Gasteiger partial charge is 0.252 e. The number of nitrogens with one attached hydrogen (secondary N) is 1. The van der Waals surface area contributed by atoms with E-state index < -0.39 is 5.91 Å². The Kier molecular flexibility index (Phi) is 4.57. The lowest BCUT2D eigenvalue weighted by molar-refractivity contribution is 0.100. The number of amides is 1. The third-order valence-corrected chi connectivity index (χ3v) is 3.92. The molecule has 0 saturated carbocycles. The maximum Gasteiger partial charge on any atom is 0.252 e. The van der Waals surface area contributed by atoms with E-state index in [0.29, 0.717) is 5.82 Å². The summed E-state index contributed by atoms with van der Waals surface area (Å²) in [5, 5.41) is 10.9. The Morgan fingerprint density at radius 3 is 2.85 bits per heavy atom. The molecule has 0 aromatic carbocycles. The molecule has 2 heterocycles. The second-order valence-corrected chi connectivity index (χ2v) is 6.32. The SMILES string of the molecule is Cc1ccc(CC(C)Nc2nnc(Cl)cc2C(N)=O)s1. The van der Waals surface area contributed by atoms with Gasteiger partial charge in [0.25, 0.3) is 5.91 Å². The molecule has 0 spiro atoms. The lowest BCUT2D eigenvalue weighted by atomic mass is 10.2. The van der Waals surface area contributed by atoms with E-state index in [1.165, 1.54) is 15.8 Å². The summed E-state index contributed by atoms with van der Waals surface area (Å²) in [6.07, 6.45) is 0.834. The minimum absolute atomic E-state index is 0.0987. The zero-order valence-electron chi connectivity index (χ0n) is 11.2. The predicted molar refractivity (Wildman–Crippen MR) is 81.4 cm³/mol. The van der Waals surface area contributed by atoms with Crippen LogP contribution in [0.2, 0.25) is 5.15 Å². The van der Waals surface area contributed by atoms with Gasteiger partial charge in [-0.05, 0) is 32.0 Å². The molecular formula is C13H15ClN4OS. The van der Waals surface area contributed by atoms with Crippen LogP contribution in [0.3, 0.4) is 0 Å². The molecule has 0 aliphatic heterocycles. The Balaban J connectivity index is 2.11. The van der Waals surface area contributed by atoms with E-state index in [2.05, 4.69) is 34.6 Å². The molecule has 0 aliphatic carbocycles. The Labute approximate surface area is 126 Å². The number of carbonyl (C=O) groups excluding carboxylic acids is 1. The molecule has 0 fully saturated rings. The Morgan fingerprint density at radius 2 is 2.25 bits per heavy atom. The van der Waals surface area contributed by atoms with Gasteiger partial charge in [0.2, 0.25) is 0 Å². The molecule has 0 saturated heterocycles. The van der Waals surface area contributed by atoms with Crippen LogP contribution in [0.5, 0.6) is 0 Å². The van der Waals surface area contributed by atoms with Crippen molar-refractivity contribution >= 4 is 34.7 Å². The number of primary amides is 1. The second kappa shape index (κ2) is 6.19. The fourth-order valence-corrected chi connectivity index (χ4v) is 3.01. The largest absolute Gasteiger partial charge is 0.365 e. The molecule has 20 heavy (non-hydrogen) atoms.